The average molecular weight is 419 g/mol. The van der Waals surface area contributed by atoms with E-state index in [2.05, 4.69) is 10.3 Å². The lowest BCUT2D eigenvalue weighted by atomic mass is 10.2. The topological polar surface area (TPSA) is 64.4 Å². The van der Waals surface area contributed by atoms with Crippen molar-refractivity contribution in [2.24, 2.45) is 0 Å². The number of amides is 1. The van der Waals surface area contributed by atoms with Crippen LogP contribution < -0.4 is 10.1 Å². The second-order valence-electron chi connectivity index (χ2n) is 5.63. The van der Waals surface area contributed by atoms with Crippen LogP contribution in [-0.4, -0.2) is 18.0 Å². The highest BCUT2D eigenvalue weighted by Gasteiger charge is 2.15. The summed E-state index contributed by atoms with van der Waals surface area (Å²) in [5.74, 6) is 0.973. The molecule has 0 fully saturated rings. The van der Waals surface area contributed by atoms with Gasteiger partial charge in [0.2, 0.25) is 0 Å². The molecule has 0 saturated heterocycles. The molecule has 0 saturated carbocycles. The molecule has 2 aromatic carbocycles. The molecule has 0 bridgehead atoms. The van der Waals surface area contributed by atoms with E-state index in [1.165, 1.54) is 17.4 Å². The number of fused-ring (bicyclic) bond motifs is 1. The van der Waals surface area contributed by atoms with Crippen LogP contribution >= 0.6 is 34.5 Å². The summed E-state index contributed by atoms with van der Waals surface area (Å²) in [7, 11) is 1.60. The van der Waals surface area contributed by atoms with E-state index in [1.807, 2.05) is 29.6 Å². The molecular formula is C19H12Cl2N2O3S. The maximum absolute atomic E-state index is 12.4. The molecule has 1 amide bonds. The lowest BCUT2D eigenvalue weighted by Crippen LogP contribution is -2.12. The summed E-state index contributed by atoms with van der Waals surface area (Å²) >= 11 is 13.2. The largest absolute Gasteiger partial charge is 0.497 e. The molecular weight excluding hydrogens is 407 g/mol. The molecule has 4 aromatic rings. The number of nitrogens with zero attached hydrogens (tertiary/aromatic N) is 1. The second kappa shape index (κ2) is 7.23. The summed E-state index contributed by atoms with van der Waals surface area (Å²) in [6, 6.07) is 12.2. The highest BCUT2D eigenvalue weighted by molar-refractivity contribution is 7.14. The Bertz CT molecular complexity index is 1150. The van der Waals surface area contributed by atoms with Crippen molar-refractivity contribution in [3.05, 3.63) is 63.5 Å². The van der Waals surface area contributed by atoms with Gasteiger partial charge in [0.25, 0.3) is 5.91 Å². The Hall–Kier alpha value is -2.54. The molecule has 5 nitrogen and oxygen atoms in total. The number of methoxy groups -OCH3 is 1. The fraction of sp³-hybridized carbons (Fsp3) is 0.0526. The number of benzene rings is 2. The number of hydrogen-bond acceptors (Lipinski definition) is 5. The maximum atomic E-state index is 12.4. The minimum atomic E-state index is -0.355. The molecule has 0 aliphatic heterocycles. The number of rotatable bonds is 4. The van der Waals surface area contributed by atoms with Gasteiger partial charge < -0.3 is 9.15 Å². The molecule has 8 heteroatoms. The standard InChI is InChI=1S/C19H12Cl2N2O3S/c1-25-12-4-2-10-6-17(26-16(10)8-12)15-9-27-19(22-15)23-18(24)13-5-3-11(20)7-14(13)21/h2-9H,1H3,(H,22,23,24). The minimum Gasteiger partial charge on any atom is -0.497 e. The van der Waals surface area contributed by atoms with E-state index >= 15 is 0 Å². The van der Waals surface area contributed by atoms with Gasteiger partial charge in [0.05, 0.1) is 17.7 Å². The minimum absolute atomic E-state index is 0.281. The first-order valence-electron chi connectivity index (χ1n) is 7.83. The van der Waals surface area contributed by atoms with Crippen LogP contribution in [0.25, 0.3) is 22.4 Å². The first kappa shape index (κ1) is 17.9. The molecule has 136 valence electrons. The van der Waals surface area contributed by atoms with Crippen molar-refractivity contribution in [2.75, 3.05) is 12.4 Å². The van der Waals surface area contributed by atoms with E-state index in [0.717, 1.165) is 11.1 Å². The Balaban J connectivity index is 1.57. The number of nitrogens with one attached hydrogen (secondary N) is 1. The Morgan fingerprint density at radius 2 is 2.04 bits per heavy atom. The van der Waals surface area contributed by atoms with Crippen LogP contribution in [0.3, 0.4) is 0 Å². The number of carbonyl (C=O) groups excluding carboxylic acids is 1. The number of ether oxygens (including phenoxy) is 1. The molecule has 1 N–H and O–H groups in total. The molecule has 2 heterocycles. The molecule has 0 unspecified atom stereocenters. The Kier molecular flexibility index (Phi) is 4.78. The first-order chi connectivity index (χ1) is 13.0. The van der Waals surface area contributed by atoms with E-state index in [4.69, 9.17) is 32.4 Å². The van der Waals surface area contributed by atoms with Gasteiger partial charge in [-0.05, 0) is 36.4 Å². The highest BCUT2D eigenvalue weighted by atomic mass is 35.5. The number of halogens is 2. The fourth-order valence-corrected chi connectivity index (χ4v) is 3.74. The van der Waals surface area contributed by atoms with Crippen LogP contribution in [0, 0.1) is 0 Å². The Morgan fingerprint density at radius 3 is 2.81 bits per heavy atom. The average Bonchev–Trinajstić information content (AvgIpc) is 3.27. The van der Waals surface area contributed by atoms with E-state index in [0.29, 0.717) is 32.8 Å². The van der Waals surface area contributed by atoms with E-state index < -0.39 is 0 Å². The van der Waals surface area contributed by atoms with Gasteiger partial charge in [0.15, 0.2) is 10.9 Å². The van der Waals surface area contributed by atoms with Crippen molar-refractivity contribution in [3.63, 3.8) is 0 Å². The van der Waals surface area contributed by atoms with Gasteiger partial charge in [-0.25, -0.2) is 4.98 Å². The summed E-state index contributed by atoms with van der Waals surface area (Å²) in [5, 5.41) is 6.69. The van der Waals surface area contributed by atoms with Crippen molar-refractivity contribution in [1.82, 2.24) is 4.98 Å². The van der Waals surface area contributed by atoms with E-state index in [-0.39, 0.29) is 10.9 Å². The van der Waals surface area contributed by atoms with Crippen LogP contribution in [-0.2, 0) is 0 Å². The number of carbonyl (C=O) groups is 1. The third-order valence-electron chi connectivity index (χ3n) is 3.88. The zero-order valence-corrected chi connectivity index (χ0v) is 16.3. The van der Waals surface area contributed by atoms with Crippen LogP contribution in [0.4, 0.5) is 5.13 Å². The van der Waals surface area contributed by atoms with Gasteiger partial charge in [-0.1, -0.05) is 23.2 Å². The van der Waals surface area contributed by atoms with Crippen molar-refractivity contribution in [1.29, 1.82) is 0 Å². The maximum Gasteiger partial charge on any atom is 0.258 e. The third kappa shape index (κ3) is 3.64. The first-order valence-corrected chi connectivity index (χ1v) is 9.47. The number of aromatic nitrogens is 1. The Morgan fingerprint density at radius 1 is 1.19 bits per heavy atom. The number of furan rings is 1. The molecule has 27 heavy (non-hydrogen) atoms. The van der Waals surface area contributed by atoms with Gasteiger partial charge >= 0.3 is 0 Å². The number of hydrogen-bond donors (Lipinski definition) is 1. The fourth-order valence-electron chi connectivity index (χ4n) is 2.55. The number of thiazole rings is 1. The highest BCUT2D eigenvalue weighted by Crippen LogP contribution is 2.32. The van der Waals surface area contributed by atoms with Gasteiger partial charge in [-0.3, -0.25) is 10.1 Å². The SMILES string of the molecule is COc1ccc2cc(-c3csc(NC(=O)c4ccc(Cl)cc4Cl)n3)oc2c1. The third-order valence-corrected chi connectivity index (χ3v) is 5.19. The zero-order chi connectivity index (χ0) is 19.0. The zero-order valence-electron chi connectivity index (χ0n) is 14.0. The van der Waals surface area contributed by atoms with Crippen molar-refractivity contribution in [2.45, 2.75) is 0 Å². The summed E-state index contributed by atoms with van der Waals surface area (Å²) in [5.41, 5.74) is 1.66. The second-order valence-corrected chi connectivity index (χ2v) is 7.33. The quantitative estimate of drug-likeness (QED) is 0.433. The van der Waals surface area contributed by atoms with Crippen LogP contribution in [0.5, 0.6) is 5.75 Å². The number of anilines is 1. The predicted molar refractivity (Wildman–Crippen MR) is 108 cm³/mol. The van der Waals surface area contributed by atoms with Crippen LogP contribution in [0.2, 0.25) is 10.0 Å². The van der Waals surface area contributed by atoms with E-state index in [9.17, 15) is 4.79 Å². The molecule has 2 aromatic heterocycles. The molecule has 0 spiro atoms. The molecule has 0 radical (unpaired) electrons. The van der Waals surface area contributed by atoms with E-state index in [1.54, 1.807) is 19.2 Å². The van der Waals surface area contributed by atoms with Crippen LogP contribution in [0.15, 0.2) is 52.3 Å². The summed E-state index contributed by atoms with van der Waals surface area (Å²) < 4.78 is 11.1. The summed E-state index contributed by atoms with van der Waals surface area (Å²) in [6.07, 6.45) is 0. The normalized spacial score (nSPS) is 10.9. The smallest absolute Gasteiger partial charge is 0.258 e. The van der Waals surface area contributed by atoms with Crippen molar-refractivity contribution >= 4 is 56.5 Å². The predicted octanol–water partition coefficient (Wildman–Crippen LogP) is 6.12. The van der Waals surface area contributed by atoms with Crippen LogP contribution in [0.1, 0.15) is 10.4 Å². The molecule has 0 aliphatic rings. The van der Waals surface area contributed by atoms with Crippen molar-refractivity contribution in [3.8, 4) is 17.2 Å². The van der Waals surface area contributed by atoms with Gasteiger partial charge in [-0.2, -0.15) is 0 Å². The van der Waals surface area contributed by atoms with Gasteiger partial charge in [0, 0.05) is 21.9 Å². The lowest BCUT2D eigenvalue weighted by Gasteiger charge is -2.04. The monoisotopic (exact) mass is 418 g/mol. The molecule has 4 rings (SSSR count). The molecule has 0 aliphatic carbocycles. The van der Waals surface area contributed by atoms with Crippen molar-refractivity contribution < 1.29 is 13.9 Å². The Labute approximate surface area is 168 Å². The summed E-state index contributed by atoms with van der Waals surface area (Å²) in [4.78, 5) is 16.8. The summed E-state index contributed by atoms with van der Waals surface area (Å²) in [6.45, 7) is 0. The lowest BCUT2D eigenvalue weighted by molar-refractivity contribution is 0.102. The molecule has 0 atom stereocenters. The van der Waals surface area contributed by atoms with Gasteiger partial charge in [0.1, 0.15) is 17.0 Å². The van der Waals surface area contributed by atoms with Gasteiger partial charge in [-0.15, -0.1) is 11.3 Å².